The van der Waals surface area contributed by atoms with E-state index in [4.69, 9.17) is 0 Å². The van der Waals surface area contributed by atoms with Gasteiger partial charge in [-0.3, -0.25) is 0 Å². The van der Waals surface area contributed by atoms with Crippen LogP contribution in [0.15, 0.2) is 12.4 Å². The molecule has 0 atom stereocenters. The zero-order chi connectivity index (χ0) is 11.3. The third-order valence-corrected chi connectivity index (χ3v) is 2.39. The first-order valence-electron chi connectivity index (χ1n) is 5.85. The van der Waals surface area contributed by atoms with Crippen LogP contribution in [0.25, 0.3) is 0 Å². The molecular weight excluding hydrogens is 186 g/mol. The second-order valence-electron chi connectivity index (χ2n) is 4.60. The normalized spacial score (nSPS) is 11.6. The highest BCUT2D eigenvalue weighted by atomic mass is 15.1. The van der Waals surface area contributed by atoms with Gasteiger partial charge in [0.2, 0.25) is 0 Å². The lowest BCUT2D eigenvalue weighted by molar-refractivity contribution is 0.522. The van der Waals surface area contributed by atoms with Crippen molar-refractivity contribution in [3.63, 3.8) is 0 Å². The molecular formula is C12H23N3. The van der Waals surface area contributed by atoms with Crippen LogP contribution in [-0.4, -0.2) is 22.1 Å². The summed E-state index contributed by atoms with van der Waals surface area (Å²) in [6, 6.07) is 0.581. The highest BCUT2D eigenvalue weighted by molar-refractivity contribution is 4.97. The fraction of sp³-hybridized carbons (Fsp3) is 0.750. The molecule has 0 spiro atoms. The summed E-state index contributed by atoms with van der Waals surface area (Å²) in [5, 5.41) is 3.42. The quantitative estimate of drug-likeness (QED) is 0.729. The van der Waals surface area contributed by atoms with Crippen molar-refractivity contribution in [1.82, 2.24) is 14.9 Å². The van der Waals surface area contributed by atoms with Gasteiger partial charge in [-0.2, -0.15) is 0 Å². The van der Waals surface area contributed by atoms with Crippen molar-refractivity contribution < 1.29 is 0 Å². The Morgan fingerprint density at radius 3 is 2.67 bits per heavy atom. The van der Waals surface area contributed by atoms with Crippen molar-refractivity contribution in [3.8, 4) is 0 Å². The summed E-state index contributed by atoms with van der Waals surface area (Å²) in [6.07, 6.45) is 5.13. The summed E-state index contributed by atoms with van der Waals surface area (Å²) in [5.74, 6) is 1.71. The standard InChI is InChI=1S/C12H23N3/c1-10(2)12-14-7-9-15(12)8-5-6-13-11(3)4/h7,9-11,13H,5-6,8H2,1-4H3. The van der Waals surface area contributed by atoms with Gasteiger partial charge >= 0.3 is 0 Å². The molecule has 0 aliphatic heterocycles. The molecule has 0 bridgehead atoms. The molecule has 0 fully saturated rings. The van der Waals surface area contributed by atoms with Crippen LogP contribution >= 0.6 is 0 Å². The van der Waals surface area contributed by atoms with Crippen molar-refractivity contribution in [3.05, 3.63) is 18.2 Å². The van der Waals surface area contributed by atoms with Gasteiger partial charge in [0.05, 0.1) is 0 Å². The lowest BCUT2D eigenvalue weighted by atomic mass is 10.2. The number of nitrogens with zero attached hydrogens (tertiary/aromatic N) is 2. The van der Waals surface area contributed by atoms with Gasteiger partial charge in [-0.15, -0.1) is 0 Å². The van der Waals surface area contributed by atoms with Crippen LogP contribution in [0.4, 0.5) is 0 Å². The number of hydrogen-bond donors (Lipinski definition) is 1. The van der Waals surface area contributed by atoms with E-state index in [0.717, 1.165) is 19.5 Å². The van der Waals surface area contributed by atoms with Gasteiger partial charge in [-0.1, -0.05) is 27.7 Å². The number of aromatic nitrogens is 2. The molecule has 1 heterocycles. The lowest BCUT2D eigenvalue weighted by Crippen LogP contribution is -2.24. The number of aryl methyl sites for hydroxylation is 1. The van der Waals surface area contributed by atoms with E-state index >= 15 is 0 Å². The van der Waals surface area contributed by atoms with Crippen molar-refractivity contribution >= 4 is 0 Å². The highest BCUT2D eigenvalue weighted by Crippen LogP contribution is 2.11. The largest absolute Gasteiger partial charge is 0.335 e. The highest BCUT2D eigenvalue weighted by Gasteiger charge is 2.06. The second-order valence-corrected chi connectivity index (χ2v) is 4.60. The first-order chi connectivity index (χ1) is 7.11. The van der Waals surface area contributed by atoms with Gasteiger partial charge < -0.3 is 9.88 Å². The molecule has 0 amide bonds. The maximum atomic E-state index is 4.37. The van der Waals surface area contributed by atoms with Crippen molar-refractivity contribution in [2.24, 2.45) is 0 Å². The first-order valence-corrected chi connectivity index (χ1v) is 5.85. The Labute approximate surface area is 92.9 Å². The molecule has 3 nitrogen and oxygen atoms in total. The summed E-state index contributed by atoms with van der Waals surface area (Å²) < 4.78 is 2.26. The van der Waals surface area contributed by atoms with E-state index in [9.17, 15) is 0 Å². The molecule has 1 N–H and O–H groups in total. The molecule has 0 aromatic carbocycles. The Kier molecular flexibility index (Phi) is 4.82. The second kappa shape index (κ2) is 5.91. The predicted octanol–water partition coefficient (Wildman–Crippen LogP) is 2.39. The molecule has 86 valence electrons. The Bertz CT molecular complexity index is 276. The summed E-state index contributed by atoms with van der Waals surface area (Å²) in [5.41, 5.74) is 0. The maximum absolute atomic E-state index is 4.37. The minimum Gasteiger partial charge on any atom is -0.335 e. The Hall–Kier alpha value is -0.830. The molecule has 0 aliphatic rings. The van der Waals surface area contributed by atoms with Crippen molar-refractivity contribution in [2.45, 2.75) is 52.6 Å². The SMILES string of the molecule is CC(C)NCCCn1ccnc1C(C)C. The smallest absolute Gasteiger partial charge is 0.111 e. The summed E-state index contributed by atoms with van der Waals surface area (Å²) in [6.45, 7) is 10.9. The van der Waals surface area contributed by atoms with Crippen molar-refractivity contribution in [2.75, 3.05) is 6.54 Å². The number of rotatable bonds is 6. The Balaban J connectivity index is 2.34. The molecule has 0 saturated heterocycles. The van der Waals surface area contributed by atoms with Crippen LogP contribution in [0.2, 0.25) is 0 Å². The van der Waals surface area contributed by atoms with Gasteiger partial charge in [-0.05, 0) is 13.0 Å². The van der Waals surface area contributed by atoms with Gasteiger partial charge in [-0.25, -0.2) is 4.98 Å². The van der Waals surface area contributed by atoms with E-state index in [0.29, 0.717) is 12.0 Å². The van der Waals surface area contributed by atoms with Gasteiger partial charge in [0.15, 0.2) is 0 Å². The van der Waals surface area contributed by atoms with E-state index in [2.05, 4.69) is 48.8 Å². The van der Waals surface area contributed by atoms with E-state index in [1.54, 1.807) is 0 Å². The molecule has 0 aliphatic carbocycles. The van der Waals surface area contributed by atoms with E-state index in [1.807, 2.05) is 6.20 Å². The molecule has 0 radical (unpaired) electrons. The van der Waals surface area contributed by atoms with E-state index in [1.165, 1.54) is 5.82 Å². The first kappa shape index (κ1) is 12.2. The molecule has 1 rings (SSSR count). The average molecular weight is 209 g/mol. The minimum atomic E-state index is 0.512. The van der Waals surface area contributed by atoms with Crippen LogP contribution in [0.1, 0.15) is 45.9 Å². The average Bonchev–Trinajstić information content (AvgIpc) is 2.60. The number of nitrogens with one attached hydrogen (secondary N) is 1. The van der Waals surface area contributed by atoms with Gasteiger partial charge in [0, 0.05) is 30.9 Å². The van der Waals surface area contributed by atoms with Crippen LogP contribution in [0.3, 0.4) is 0 Å². The van der Waals surface area contributed by atoms with Gasteiger partial charge in [0.25, 0.3) is 0 Å². The van der Waals surface area contributed by atoms with Crippen LogP contribution in [0.5, 0.6) is 0 Å². The Morgan fingerprint density at radius 1 is 1.33 bits per heavy atom. The summed E-state index contributed by atoms with van der Waals surface area (Å²) >= 11 is 0. The summed E-state index contributed by atoms with van der Waals surface area (Å²) in [4.78, 5) is 4.37. The van der Waals surface area contributed by atoms with E-state index in [-0.39, 0.29) is 0 Å². The molecule has 3 heteroatoms. The van der Waals surface area contributed by atoms with Crippen LogP contribution in [-0.2, 0) is 6.54 Å². The topological polar surface area (TPSA) is 29.9 Å². The monoisotopic (exact) mass is 209 g/mol. The van der Waals surface area contributed by atoms with Crippen LogP contribution < -0.4 is 5.32 Å². The number of imidazole rings is 1. The maximum Gasteiger partial charge on any atom is 0.111 e. The van der Waals surface area contributed by atoms with Gasteiger partial charge in [0.1, 0.15) is 5.82 Å². The molecule has 1 aromatic rings. The fourth-order valence-electron chi connectivity index (χ4n) is 1.65. The minimum absolute atomic E-state index is 0.512. The zero-order valence-electron chi connectivity index (χ0n) is 10.3. The molecule has 1 aromatic heterocycles. The fourth-order valence-corrected chi connectivity index (χ4v) is 1.65. The third kappa shape index (κ3) is 4.04. The number of hydrogen-bond acceptors (Lipinski definition) is 2. The third-order valence-electron chi connectivity index (χ3n) is 2.39. The molecule has 0 saturated carbocycles. The zero-order valence-corrected chi connectivity index (χ0v) is 10.3. The van der Waals surface area contributed by atoms with Crippen LogP contribution in [0, 0.1) is 0 Å². The predicted molar refractivity (Wildman–Crippen MR) is 64.1 cm³/mol. The van der Waals surface area contributed by atoms with Crippen molar-refractivity contribution in [1.29, 1.82) is 0 Å². The van der Waals surface area contributed by atoms with E-state index < -0.39 is 0 Å². The molecule has 15 heavy (non-hydrogen) atoms. The Morgan fingerprint density at radius 2 is 2.07 bits per heavy atom. The molecule has 0 unspecified atom stereocenters. The lowest BCUT2D eigenvalue weighted by Gasteiger charge is -2.11. The summed E-state index contributed by atoms with van der Waals surface area (Å²) in [7, 11) is 0.